The molecular weight excluding hydrogens is 274 g/mol. The van der Waals surface area contributed by atoms with E-state index in [1.807, 2.05) is 26.0 Å². The Kier molecular flexibility index (Phi) is 3.84. The summed E-state index contributed by atoms with van der Waals surface area (Å²) >= 11 is 0. The van der Waals surface area contributed by atoms with E-state index in [1.165, 1.54) is 4.90 Å². The molecule has 2 fully saturated rings. The van der Waals surface area contributed by atoms with Crippen molar-refractivity contribution in [3.63, 3.8) is 0 Å². The van der Waals surface area contributed by atoms with Crippen LogP contribution in [-0.2, 0) is 9.59 Å². The Morgan fingerprint density at radius 1 is 0.909 bits per heavy atom. The third kappa shape index (κ3) is 2.18. The van der Waals surface area contributed by atoms with Gasteiger partial charge in [-0.2, -0.15) is 0 Å². The Hall–Kier alpha value is -1.64. The van der Waals surface area contributed by atoms with E-state index in [9.17, 15) is 9.59 Å². The maximum Gasteiger partial charge on any atom is 0.237 e. The molecule has 1 aromatic carbocycles. The number of anilines is 1. The minimum Gasteiger partial charge on any atom is -0.274 e. The lowest BCUT2D eigenvalue weighted by molar-refractivity contribution is -0.123. The summed E-state index contributed by atoms with van der Waals surface area (Å²) in [6.07, 6.45) is 3.00. The maximum atomic E-state index is 13.0. The molecule has 3 nitrogen and oxygen atoms in total. The number of aryl methyl sites for hydroxylation is 2. The smallest absolute Gasteiger partial charge is 0.237 e. The van der Waals surface area contributed by atoms with Gasteiger partial charge in [-0.05, 0) is 55.4 Å². The van der Waals surface area contributed by atoms with Crippen LogP contribution in [0.15, 0.2) is 18.2 Å². The number of hydrogen-bond donors (Lipinski definition) is 0. The van der Waals surface area contributed by atoms with Crippen LogP contribution in [-0.4, -0.2) is 11.8 Å². The molecule has 22 heavy (non-hydrogen) atoms. The molecule has 0 radical (unpaired) electrons. The number of amides is 2. The molecule has 3 rings (SSSR count). The van der Waals surface area contributed by atoms with Crippen LogP contribution < -0.4 is 4.90 Å². The number of nitrogens with zero attached hydrogens (tertiary/aromatic N) is 1. The van der Waals surface area contributed by atoms with E-state index in [0.717, 1.165) is 36.1 Å². The van der Waals surface area contributed by atoms with Crippen molar-refractivity contribution < 1.29 is 9.59 Å². The summed E-state index contributed by atoms with van der Waals surface area (Å²) in [5, 5.41) is 0. The maximum absolute atomic E-state index is 13.0. The van der Waals surface area contributed by atoms with Gasteiger partial charge in [-0.15, -0.1) is 0 Å². The molecular formula is C19H25NO2. The second-order valence-electron chi connectivity index (χ2n) is 6.98. The molecule has 4 atom stereocenters. The van der Waals surface area contributed by atoms with E-state index >= 15 is 0 Å². The van der Waals surface area contributed by atoms with Crippen LogP contribution in [0.1, 0.15) is 44.2 Å². The van der Waals surface area contributed by atoms with Crippen LogP contribution >= 0.6 is 0 Å². The molecule has 2 amide bonds. The quantitative estimate of drug-likeness (QED) is 0.795. The van der Waals surface area contributed by atoms with Gasteiger partial charge in [-0.25, -0.2) is 0 Å². The minimum atomic E-state index is -0.0942. The summed E-state index contributed by atoms with van der Waals surface area (Å²) < 4.78 is 0. The number of fused-ring (bicyclic) bond motifs is 1. The molecule has 0 N–H and O–H groups in total. The van der Waals surface area contributed by atoms with Gasteiger partial charge in [0.15, 0.2) is 0 Å². The Labute approximate surface area is 132 Å². The highest BCUT2D eigenvalue weighted by Crippen LogP contribution is 2.50. The first-order valence-electron chi connectivity index (χ1n) is 8.44. The molecule has 0 bridgehead atoms. The van der Waals surface area contributed by atoms with E-state index in [2.05, 4.69) is 19.9 Å². The van der Waals surface area contributed by atoms with Crippen LogP contribution in [0.2, 0.25) is 0 Å². The van der Waals surface area contributed by atoms with Gasteiger partial charge in [-0.1, -0.05) is 32.8 Å². The monoisotopic (exact) mass is 299 g/mol. The average molecular weight is 299 g/mol. The molecule has 118 valence electrons. The molecule has 2 aliphatic rings. The largest absolute Gasteiger partial charge is 0.274 e. The van der Waals surface area contributed by atoms with Crippen LogP contribution in [0.4, 0.5) is 5.69 Å². The van der Waals surface area contributed by atoms with E-state index in [0.29, 0.717) is 11.8 Å². The second-order valence-corrected chi connectivity index (χ2v) is 6.98. The van der Waals surface area contributed by atoms with E-state index in [-0.39, 0.29) is 23.7 Å². The van der Waals surface area contributed by atoms with E-state index in [4.69, 9.17) is 0 Å². The van der Waals surface area contributed by atoms with Crippen molar-refractivity contribution in [1.82, 2.24) is 0 Å². The molecule has 3 heteroatoms. The standard InChI is InChI=1S/C19H25NO2/c1-5-13-10-14(6-2)17-16(13)18(21)20(19(17)22)15-8-11(3)7-12(4)9-15/h7-9,13-14,16-17H,5-6,10H2,1-4H3. The van der Waals surface area contributed by atoms with Gasteiger partial charge in [0.05, 0.1) is 17.5 Å². The first-order chi connectivity index (χ1) is 10.5. The first kappa shape index (κ1) is 15.3. The van der Waals surface area contributed by atoms with Crippen molar-refractivity contribution in [3.05, 3.63) is 29.3 Å². The van der Waals surface area contributed by atoms with Crippen molar-refractivity contribution in [1.29, 1.82) is 0 Å². The summed E-state index contributed by atoms with van der Waals surface area (Å²) in [5.41, 5.74) is 2.94. The fourth-order valence-electron chi connectivity index (χ4n) is 4.56. The summed E-state index contributed by atoms with van der Waals surface area (Å²) in [5.74, 6) is 0.599. The summed E-state index contributed by atoms with van der Waals surface area (Å²) in [6.45, 7) is 8.28. The molecule has 1 heterocycles. The Morgan fingerprint density at radius 3 is 1.77 bits per heavy atom. The molecule has 1 saturated carbocycles. The normalized spacial score (nSPS) is 31.0. The van der Waals surface area contributed by atoms with Gasteiger partial charge < -0.3 is 0 Å². The van der Waals surface area contributed by atoms with Crippen LogP contribution in [0, 0.1) is 37.5 Å². The fraction of sp³-hybridized carbons (Fsp3) is 0.579. The summed E-state index contributed by atoms with van der Waals surface area (Å²) in [6, 6.07) is 5.97. The molecule has 1 aliphatic carbocycles. The summed E-state index contributed by atoms with van der Waals surface area (Å²) in [4.78, 5) is 27.4. The lowest BCUT2D eigenvalue weighted by Gasteiger charge is -2.20. The zero-order valence-corrected chi connectivity index (χ0v) is 13.9. The van der Waals surface area contributed by atoms with E-state index in [1.54, 1.807) is 0 Å². The number of benzene rings is 1. The lowest BCUT2D eigenvalue weighted by Crippen LogP contribution is -2.33. The van der Waals surface area contributed by atoms with Gasteiger partial charge in [0.25, 0.3) is 0 Å². The number of carbonyl (C=O) groups is 2. The molecule has 1 aromatic rings. The molecule has 4 unspecified atom stereocenters. The molecule has 0 spiro atoms. The van der Waals surface area contributed by atoms with E-state index < -0.39 is 0 Å². The third-order valence-corrected chi connectivity index (χ3v) is 5.53. The highest BCUT2D eigenvalue weighted by Gasteiger charge is 2.57. The zero-order valence-electron chi connectivity index (χ0n) is 13.9. The van der Waals surface area contributed by atoms with Crippen molar-refractivity contribution in [2.75, 3.05) is 4.90 Å². The number of carbonyl (C=O) groups excluding carboxylic acids is 2. The first-order valence-corrected chi connectivity index (χ1v) is 8.44. The predicted molar refractivity (Wildman–Crippen MR) is 87.6 cm³/mol. The average Bonchev–Trinajstić information content (AvgIpc) is 2.95. The van der Waals surface area contributed by atoms with Crippen LogP contribution in [0.3, 0.4) is 0 Å². The van der Waals surface area contributed by atoms with Gasteiger partial charge in [0, 0.05) is 0 Å². The second kappa shape index (κ2) is 5.53. The van der Waals surface area contributed by atoms with Gasteiger partial charge in [-0.3, -0.25) is 14.5 Å². The van der Waals surface area contributed by atoms with Crippen molar-refractivity contribution >= 4 is 17.5 Å². The predicted octanol–water partition coefficient (Wildman–Crippen LogP) is 3.87. The van der Waals surface area contributed by atoms with Gasteiger partial charge >= 0.3 is 0 Å². The van der Waals surface area contributed by atoms with Crippen LogP contribution in [0.5, 0.6) is 0 Å². The topological polar surface area (TPSA) is 37.4 Å². The highest BCUT2D eigenvalue weighted by atomic mass is 16.2. The number of hydrogen-bond acceptors (Lipinski definition) is 2. The van der Waals surface area contributed by atoms with Gasteiger partial charge in [0.2, 0.25) is 11.8 Å². The lowest BCUT2D eigenvalue weighted by atomic mass is 9.88. The summed E-state index contributed by atoms with van der Waals surface area (Å²) in [7, 11) is 0. The Morgan fingerprint density at radius 2 is 1.36 bits per heavy atom. The number of rotatable bonds is 3. The molecule has 1 aliphatic heterocycles. The molecule has 0 aromatic heterocycles. The van der Waals surface area contributed by atoms with Gasteiger partial charge in [0.1, 0.15) is 0 Å². The van der Waals surface area contributed by atoms with Crippen molar-refractivity contribution in [3.8, 4) is 0 Å². The molecule has 1 saturated heterocycles. The Bertz CT molecular complexity index is 574. The Balaban J connectivity index is 2.01. The van der Waals surface area contributed by atoms with Crippen molar-refractivity contribution in [2.45, 2.75) is 47.0 Å². The SMILES string of the molecule is CCC1CC(CC)C2C(=O)N(c3cc(C)cc(C)c3)C(=O)C12. The highest BCUT2D eigenvalue weighted by molar-refractivity contribution is 6.22. The third-order valence-electron chi connectivity index (χ3n) is 5.53. The zero-order chi connectivity index (χ0) is 16.0. The van der Waals surface area contributed by atoms with Crippen molar-refractivity contribution in [2.24, 2.45) is 23.7 Å². The van der Waals surface area contributed by atoms with Crippen LogP contribution in [0.25, 0.3) is 0 Å². The minimum absolute atomic E-state index is 0.0304. The number of imide groups is 1. The fourth-order valence-corrected chi connectivity index (χ4v) is 4.56.